The van der Waals surface area contributed by atoms with Crippen LogP contribution >= 0.6 is 11.8 Å². The molecule has 0 bridgehead atoms. The van der Waals surface area contributed by atoms with E-state index in [0.29, 0.717) is 5.76 Å². The van der Waals surface area contributed by atoms with Crippen molar-refractivity contribution in [3.05, 3.63) is 23.2 Å². The van der Waals surface area contributed by atoms with E-state index in [9.17, 15) is 4.79 Å². The van der Waals surface area contributed by atoms with Gasteiger partial charge in [-0.1, -0.05) is 6.92 Å². The highest BCUT2D eigenvalue weighted by Gasteiger charge is 2.12. The second-order valence-electron chi connectivity index (χ2n) is 3.05. The number of hydrogen-bond donors (Lipinski definition) is 1. The largest absolute Gasteiger partial charge is 0.475 e. The average Bonchev–Trinajstić information content (AvgIpc) is 2.49. The highest BCUT2D eigenvalue weighted by Crippen LogP contribution is 2.20. The Labute approximate surface area is 87.5 Å². The minimum atomic E-state index is -1.00. The van der Waals surface area contributed by atoms with Crippen LogP contribution < -0.4 is 0 Å². The van der Waals surface area contributed by atoms with E-state index in [4.69, 9.17) is 9.52 Å². The third-order valence-electron chi connectivity index (χ3n) is 1.84. The molecule has 0 spiro atoms. The number of thioether (sulfide) groups is 1. The molecule has 1 aromatic rings. The highest BCUT2D eigenvalue weighted by atomic mass is 32.2. The van der Waals surface area contributed by atoms with E-state index in [1.165, 1.54) is 0 Å². The summed E-state index contributed by atoms with van der Waals surface area (Å²) in [4.78, 5) is 10.6. The van der Waals surface area contributed by atoms with Crippen LogP contribution in [0.5, 0.6) is 0 Å². The molecule has 0 amide bonds. The van der Waals surface area contributed by atoms with Crippen molar-refractivity contribution >= 4 is 17.7 Å². The molecule has 78 valence electrons. The Morgan fingerprint density at radius 1 is 1.64 bits per heavy atom. The Morgan fingerprint density at radius 2 is 2.36 bits per heavy atom. The van der Waals surface area contributed by atoms with Gasteiger partial charge in [0.05, 0.1) is 0 Å². The van der Waals surface area contributed by atoms with Gasteiger partial charge in [0.2, 0.25) is 5.76 Å². The Kier molecular flexibility index (Phi) is 4.07. The fourth-order valence-electron chi connectivity index (χ4n) is 1.09. The van der Waals surface area contributed by atoms with Gasteiger partial charge in [-0.25, -0.2) is 4.79 Å². The molecule has 0 aliphatic heterocycles. The van der Waals surface area contributed by atoms with E-state index in [1.807, 2.05) is 0 Å². The average molecular weight is 214 g/mol. The van der Waals surface area contributed by atoms with Crippen molar-refractivity contribution in [3.8, 4) is 0 Å². The summed E-state index contributed by atoms with van der Waals surface area (Å²) in [6.45, 7) is 3.92. The lowest BCUT2D eigenvalue weighted by molar-refractivity contribution is 0.0661. The fraction of sp³-hybridized carbons (Fsp3) is 0.500. The van der Waals surface area contributed by atoms with Gasteiger partial charge in [0, 0.05) is 11.3 Å². The van der Waals surface area contributed by atoms with Crippen LogP contribution in [0, 0.1) is 6.92 Å². The molecular weight excluding hydrogens is 200 g/mol. The van der Waals surface area contributed by atoms with Gasteiger partial charge in [-0.15, -0.1) is 0 Å². The molecule has 0 saturated carbocycles. The second-order valence-corrected chi connectivity index (χ2v) is 4.15. The number of rotatable bonds is 5. The van der Waals surface area contributed by atoms with Crippen LogP contribution in [0.1, 0.15) is 35.2 Å². The van der Waals surface area contributed by atoms with Crippen molar-refractivity contribution < 1.29 is 14.3 Å². The van der Waals surface area contributed by atoms with Crippen LogP contribution in [0.3, 0.4) is 0 Å². The van der Waals surface area contributed by atoms with Crippen LogP contribution in [0.25, 0.3) is 0 Å². The van der Waals surface area contributed by atoms with Gasteiger partial charge in [-0.05, 0) is 25.2 Å². The lowest BCUT2D eigenvalue weighted by Crippen LogP contribution is -1.91. The van der Waals surface area contributed by atoms with Gasteiger partial charge in [0.1, 0.15) is 5.76 Å². The van der Waals surface area contributed by atoms with Gasteiger partial charge in [0.15, 0.2) is 0 Å². The predicted molar refractivity (Wildman–Crippen MR) is 56.9 cm³/mol. The third-order valence-corrected chi connectivity index (χ3v) is 3.05. The van der Waals surface area contributed by atoms with Crippen molar-refractivity contribution in [1.29, 1.82) is 0 Å². The summed E-state index contributed by atoms with van der Waals surface area (Å²) in [5.41, 5.74) is 0.987. The fourth-order valence-corrected chi connectivity index (χ4v) is 2.03. The molecular formula is C10H14O3S. The summed E-state index contributed by atoms with van der Waals surface area (Å²) in [7, 11) is 0. The molecule has 1 N–H and O–H groups in total. The van der Waals surface area contributed by atoms with E-state index in [1.54, 1.807) is 24.8 Å². The van der Waals surface area contributed by atoms with Crippen molar-refractivity contribution in [3.63, 3.8) is 0 Å². The zero-order valence-electron chi connectivity index (χ0n) is 8.37. The second kappa shape index (κ2) is 5.10. The van der Waals surface area contributed by atoms with Crippen LogP contribution in [0.15, 0.2) is 10.5 Å². The summed E-state index contributed by atoms with van der Waals surface area (Å²) in [5.74, 6) is 1.67. The lowest BCUT2D eigenvalue weighted by atomic mass is 10.3. The third kappa shape index (κ3) is 2.80. The normalized spacial score (nSPS) is 10.4. The maximum atomic E-state index is 10.6. The molecule has 0 saturated heterocycles. The van der Waals surface area contributed by atoms with Gasteiger partial charge in [0.25, 0.3) is 0 Å². The summed E-state index contributed by atoms with van der Waals surface area (Å²) >= 11 is 1.79. The van der Waals surface area contributed by atoms with E-state index in [-0.39, 0.29) is 5.76 Å². The SMILES string of the molecule is CCCSCc1cc(C(=O)O)oc1C. The number of carboxylic acid groups (broad SMARTS) is 1. The van der Waals surface area contributed by atoms with Crippen molar-refractivity contribution in [1.82, 2.24) is 0 Å². The minimum Gasteiger partial charge on any atom is -0.475 e. The van der Waals surface area contributed by atoms with E-state index < -0.39 is 5.97 Å². The van der Waals surface area contributed by atoms with Gasteiger partial charge in [-0.3, -0.25) is 0 Å². The van der Waals surface area contributed by atoms with E-state index in [0.717, 1.165) is 23.5 Å². The van der Waals surface area contributed by atoms with Gasteiger partial charge < -0.3 is 9.52 Å². The summed E-state index contributed by atoms with van der Waals surface area (Å²) in [6, 6.07) is 1.61. The zero-order chi connectivity index (χ0) is 10.6. The Bertz CT molecular complexity index is 317. The number of carbonyl (C=O) groups is 1. The van der Waals surface area contributed by atoms with Crippen LogP contribution in [0.2, 0.25) is 0 Å². The molecule has 0 atom stereocenters. The summed E-state index contributed by atoms with van der Waals surface area (Å²) < 4.78 is 5.09. The Hall–Kier alpha value is -0.900. The smallest absolute Gasteiger partial charge is 0.371 e. The molecule has 0 unspecified atom stereocenters. The molecule has 4 heteroatoms. The van der Waals surface area contributed by atoms with Crippen LogP contribution in [-0.2, 0) is 5.75 Å². The monoisotopic (exact) mass is 214 g/mol. The lowest BCUT2D eigenvalue weighted by Gasteiger charge is -1.96. The van der Waals surface area contributed by atoms with E-state index >= 15 is 0 Å². The first-order valence-electron chi connectivity index (χ1n) is 4.55. The van der Waals surface area contributed by atoms with Gasteiger partial charge in [-0.2, -0.15) is 11.8 Å². The number of hydrogen-bond acceptors (Lipinski definition) is 3. The Balaban J connectivity index is 2.63. The maximum absolute atomic E-state index is 10.6. The molecule has 1 rings (SSSR count). The first-order valence-corrected chi connectivity index (χ1v) is 5.71. The van der Waals surface area contributed by atoms with Crippen molar-refractivity contribution in [2.45, 2.75) is 26.0 Å². The molecule has 1 heterocycles. The summed E-state index contributed by atoms with van der Waals surface area (Å²) in [6.07, 6.45) is 1.13. The number of aryl methyl sites for hydroxylation is 1. The van der Waals surface area contributed by atoms with Crippen molar-refractivity contribution in [2.24, 2.45) is 0 Å². The van der Waals surface area contributed by atoms with E-state index in [2.05, 4.69) is 6.92 Å². The Morgan fingerprint density at radius 3 is 2.86 bits per heavy atom. The summed E-state index contributed by atoms with van der Waals surface area (Å²) in [5, 5.41) is 8.69. The molecule has 0 fully saturated rings. The quantitative estimate of drug-likeness (QED) is 0.766. The predicted octanol–water partition coefficient (Wildman–Crippen LogP) is 2.93. The number of furan rings is 1. The molecule has 0 aromatic carbocycles. The van der Waals surface area contributed by atoms with Gasteiger partial charge >= 0.3 is 5.97 Å². The minimum absolute atomic E-state index is 0.0367. The topological polar surface area (TPSA) is 50.4 Å². The molecule has 0 aliphatic carbocycles. The standard InChI is InChI=1S/C10H14O3S/c1-3-4-14-6-8-5-9(10(11)12)13-7(8)2/h5H,3-4,6H2,1-2H3,(H,11,12). The maximum Gasteiger partial charge on any atom is 0.371 e. The number of carboxylic acids is 1. The van der Waals surface area contributed by atoms with Crippen molar-refractivity contribution in [2.75, 3.05) is 5.75 Å². The van der Waals surface area contributed by atoms with Crippen LogP contribution in [-0.4, -0.2) is 16.8 Å². The molecule has 3 nitrogen and oxygen atoms in total. The zero-order valence-corrected chi connectivity index (χ0v) is 9.19. The first kappa shape index (κ1) is 11.2. The number of aromatic carboxylic acids is 1. The molecule has 14 heavy (non-hydrogen) atoms. The highest BCUT2D eigenvalue weighted by molar-refractivity contribution is 7.98. The van der Waals surface area contributed by atoms with Crippen LogP contribution in [0.4, 0.5) is 0 Å². The molecule has 0 radical (unpaired) electrons. The molecule has 1 aromatic heterocycles. The molecule has 0 aliphatic rings. The first-order chi connectivity index (χ1) is 6.65.